The van der Waals surface area contributed by atoms with Gasteiger partial charge in [-0.25, -0.2) is 0 Å². The number of carboxylic acid groups (broad SMARTS) is 1. The van der Waals surface area contributed by atoms with Crippen molar-refractivity contribution in [3.63, 3.8) is 0 Å². The summed E-state index contributed by atoms with van der Waals surface area (Å²) in [4.78, 5) is 39.5. The molecule has 1 heterocycles. The van der Waals surface area contributed by atoms with Crippen LogP contribution in [0, 0.1) is 11.3 Å². The van der Waals surface area contributed by atoms with E-state index in [-0.39, 0.29) is 30.4 Å². The third-order valence-electron chi connectivity index (χ3n) is 7.08. The molecule has 8 nitrogen and oxygen atoms in total. The number of nitrogens with one attached hydrogen (secondary N) is 1. The van der Waals surface area contributed by atoms with Crippen molar-refractivity contribution in [2.45, 2.75) is 37.8 Å². The first-order valence-electron chi connectivity index (χ1n) is 12.7. The van der Waals surface area contributed by atoms with E-state index in [4.69, 9.17) is 16.9 Å². The van der Waals surface area contributed by atoms with Gasteiger partial charge in [0.15, 0.2) is 5.78 Å². The molecule has 1 aliphatic heterocycles. The van der Waals surface area contributed by atoms with Crippen LogP contribution in [-0.2, 0) is 16.0 Å². The normalized spacial score (nSPS) is 17.8. The summed E-state index contributed by atoms with van der Waals surface area (Å²) in [6, 6.07) is 22.7. The zero-order valence-electron chi connectivity index (χ0n) is 21.0. The van der Waals surface area contributed by atoms with Gasteiger partial charge in [0.25, 0.3) is 0 Å². The number of amides is 1. The predicted molar refractivity (Wildman–Crippen MR) is 146 cm³/mol. The maximum Gasteiger partial charge on any atom is 0.304 e. The molecule has 3 aromatic carbocycles. The number of nitrogen functional groups attached to an aromatic ring is 1. The maximum atomic E-state index is 13.4. The summed E-state index contributed by atoms with van der Waals surface area (Å²) in [6.45, 7) is 0.404. The van der Waals surface area contributed by atoms with Crippen molar-refractivity contribution < 1.29 is 19.5 Å². The van der Waals surface area contributed by atoms with E-state index in [9.17, 15) is 19.5 Å². The van der Waals surface area contributed by atoms with Gasteiger partial charge in [0.2, 0.25) is 5.91 Å². The summed E-state index contributed by atoms with van der Waals surface area (Å²) < 4.78 is 0. The molecule has 3 atom stereocenters. The van der Waals surface area contributed by atoms with Crippen molar-refractivity contribution in [1.29, 1.82) is 5.41 Å². The molecule has 196 valence electrons. The Balaban J connectivity index is 1.49. The Labute approximate surface area is 221 Å². The molecule has 0 aromatic heterocycles. The van der Waals surface area contributed by atoms with Crippen LogP contribution in [0.1, 0.15) is 40.7 Å². The first-order valence-corrected chi connectivity index (χ1v) is 12.7. The number of nitrogens with two attached hydrogens (primary N) is 2. The van der Waals surface area contributed by atoms with Crippen molar-refractivity contribution in [2.24, 2.45) is 17.4 Å². The van der Waals surface area contributed by atoms with Crippen LogP contribution in [0.5, 0.6) is 0 Å². The SMILES string of the molecule is N=C(N)c1cccc(-c2ccc(C(=O)C(N)[C@@H]3C[C@@H](CC(=O)O)C(=O)N3CCCc3ccccc3)cc2)c1. The van der Waals surface area contributed by atoms with Gasteiger partial charge in [-0.15, -0.1) is 0 Å². The van der Waals surface area contributed by atoms with Crippen LogP contribution >= 0.6 is 0 Å². The molecule has 4 rings (SSSR count). The lowest BCUT2D eigenvalue weighted by atomic mass is 9.92. The first-order chi connectivity index (χ1) is 18.2. The lowest BCUT2D eigenvalue weighted by Gasteiger charge is -2.29. The second-order valence-electron chi connectivity index (χ2n) is 9.68. The molecular weight excluding hydrogens is 480 g/mol. The lowest BCUT2D eigenvalue weighted by Crippen LogP contribution is -2.50. The standard InChI is InChI=1S/C30H32N4O4/c31-27(28(37)21-13-11-20(12-14-21)22-9-4-10-23(16-22)29(32)33)25-17-24(18-26(35)36)30(38)34(25)15-5-8-19-6-2-1-3-7-19/h1-4,6-7,9-14,16,24-25,27H,5,8,15,17-18,31H2,(H3,32,33)(H,35,36)/t24-,25-,27?/m0/s1. The second kappa shape index (κ2) is 11.8. The highest BCUT2D eigenvalue weighted by atomic mass is 16.4. The van der Waals surface area contributed by atoms with Crippen LogP contribution < -0.4 is 11.5 Å². The molecule has 8 heteroatoms. The van der Waals surface area contributed by atoms with E-state index in [0.29, 0.717) is 24.1 Å². The Bertz CT molecular complexity index is 1320. The van der Waals surface area contributed by atoms with Gasteiger partial charge in [-0.3, -0.25) is 19.8 Å². The number of Topliss-reactive ketones (excluding diaryl/α,β-unsaturated/α-hetero) is 1. The molecule has 6 N–H and O–H groups in total. The van der Waals surface area contributed by atoms with E-state index in [2.05, 4.69) is 0 Å². The second-order valence-corrected chi connectivity index (χ2v) is 9.68. The summed E-state index contributed by atoms with van der Waals surface area (Å²) in [5.74, 6) is -2.31. The van der Waals surface area contributed by atoms with Crippen LogP contribution in [-0.4, -0.2) is 52.1 Å². The van der Waals surface area contributed by atoms with Gasteiger partial charge >= 0.3 is 5.97 Å². The van der Waals surface area contributed by atoms with Gasteiger partial charge in [0.1, 0.15) is 5.84 Å². The molecule has 1 unspecified atom stereocenters. The van der Waals surface area contributed by atoms with Gasteiger partial charge in [-0.2, -0.15) is 0 Å². The monoisotopic (exact) mass is 512 g/mol. The van der Waals surface area contributed by atoms with Crippen molar-refractivity contribution in [2.75, 3.05) is 6.54 Å². The third kappa shape index (κ3) is 6.15. The fourth-order valence-electron chi connectivity index (χ4n) is 5.07. The minimum absolute atomic E-state index is 0.0229. The maximum absolute atomic E-state index is 13.4. The molecule has 0 bridgehead atoms. The number of nitrogens with zero attached hydrogens (tertiary/aromatic N) is 1. The summed E-state index contributed by atoms with van der Waals surface area (Å²) in [6.07, 6.45) is 1.40. The molecule has 0 saturated carbocycles. The molecule has 0 aliphatic carbocycles. The fourth-order valence-corrected chi connectivity index (χ4v) is 5.07. The largest absolute Gasteiger partial charge is 0.481 e. The zero-order chi connectivity index (χ0) is 27.2. The molecule has 1 amide bonds. The zero-order valence-corrected chi connectivity index (χ0v) is 21.0. The number of carbonyl (C=O) groups is 3. The predicted octanol–water partition coefficient (Wildman–Crippen LogP) is 3.47. The van der Waals surface area contributed by atoms with E-state index in [1.54, 1.807) is 23.1 Å². The molecule has 38 heavy (non-hydrogen) atoms. The number of aryl methyl sites for hydroxylation is 1. The van der Waals surface area contributed by atoms with Crippen molar-refractivity contribution in [1.82, 2.24) is 4.90 Å². The Kier molecular flexibility index (Phi) is 8.33. The molecular formula is C30H32N4O4. The molecule has 1 fully saturated rings. The number of amidine groups is 1. The van der Waals surface area contributed by atoms with Crippen molar-refractivity contribution >= 4 is 23.5 Å². The van der Waals surface area contributed by atoms with E-state index >= 15 is 0 Å². The Hall–Kier alpha value is -4.30. The number of benzene rings is 3. The molecule has 0 spiro atoms. The minimum Gasteiger partial charge on any atom is -0.481 e. The number of likely N-dealkylation sites (tertiary alicyclic amines) is 1. The highest BCUT2D eigenvalue weighted by molar-refractivity contribution is 6.02. The van der Waals surface area contributed by atoms with E-state index < -0.39 is 24.0 Å². The van der Waals surface area contributed by atoms with Gasteiger partial charge in [-0.1, -0.05) is 72.8 Å². The average molecular weight is 513 g/mol. The van der Waals surface area contributed by atoms with E-state index in [1.807, 2.05) is 60.7 Å². The van der Waals surface area contributed by atoms with E-state index in [0.717, 1.165) is 23.1 Å². The lowest BCUT2D eigenvalue weighted by molar-refractivity contribution is -0.142. The van der Waals surface area contributed by atoms with Gasteiger partial charge in [0, 0.05) is 17.7 Å². The number of hydrogen-bond donors (Lipinski definition) is 4. The third-order valence-corrected chi connectivity index (χ3v) is 7.08. The summed E-state index contributed by atoms with van der Waals surface area (Å²) in [7, 11) is 0. The van der Waals surface area contributed by atoms with Crippen molar-refractivity contribution in [3.8, 4) is 11.1 Å². The van der Waals surface area contributed by atoms with Gasteiger partial charge < -0.3 is 21.5 Å². The fraction of sp³-hybridized carbons (Fsp3) is 0.267. The molecule has 1 saturated heterocycles. The topological polar surface area (TPSA) is 151 Å². The Morgan fingerprint density at radius 2 is 1.68 bits per heavy atom. The number of ketones is 1. The first kappa shape index (κ1) is 26.8. The highest BCUT2D eigenvalue weighted by Crippen LogP contribution is 2.31. The highest BCUT2D eigenvalue weighted by Gasteiger charge is 2.44. The molecule has 3 aromatic rings. The Morgan fingerprint density at radius 1 is 0.974 bits per heavy atom. The smallest absolute Gasteiger partial charge is 0.304 e. The molecule has 0 radical (unpaired) electrons. The quantitative estimate of drug-likeness (QED) is 0.175. The number of carboxylic acids is 1. The van der Waals surface area contributed by atoms with Crippen LogP contribution in [0.3, 0.4) is 0 Å². The van der Waals surface area contributed by atoms with Crippen LogP contribution in [0.2, 0.25) is 0 Å². The number of rotatable bonds is 11. The van der Waals surface area contributed by atoms with Gasteiger partial charge in [-0.05, 0) is 42.0 Å². The van der Waals surface area contributed by atoms with E-state index in [1.165, 1.54) is 0 Å². The summed E-state index contributed by atoms with van der Waals surface area (Å²) >= 11 is 0. The minimum atomic E-state index is -1.04. The number of carbonyl (C=O) groups excluding carboxylic acids is 2. The summed E-state index contributed by atoms with van der Waals surface area (Å²) in [5.41, 5.74) is 16.0. The van der Waals surface area contributed by atoms with Gasteiger partial charge in [0.05, 0.1) is 24.4 Å². The summed E-state index contributed by atoms with van der Waals surface area (Å²) in [5, 5.41) is 16.9. The number of hydrogen-bond acceptors (Lipinski definition) is 5. The molecule has 1 aliphatic rings. The van der Waals surface area contributed by atoms with Crippen LogP contribution in [0.4, 0.5) is 0 Å². The number of aliphatic carboxylic acids is 1. The van der Waals surface area contributed by atoms with Crippen LogP contribution in [0.25, 0.3) is 11.1 Å². The van der Waals surface area contributed by atoms with Crippen molar-refractivity contribution in [3.05, 3.63) is 95.6 Å². The van der Waals surface area contributed by atoms with Crippen LogP contribution in [0.15, 0.2) is 78.9 Å². The Morgan fingerprint density at radius 3 is 2.34 bits per heavy atom. The average Bonchev–Trinajstić information content (AvgIpc) is 3.22.